The van der Waals surface area contributed by atoms with E-state index in [2.05, 4.69) is 15.9 Å². The van der Waals surface area contributed by atoms with Gasteiger partial charge in [0.25, 0.3) is 0 Å². The quantitative estimate of drug-likeness (QED) is 0.848. The second-order valence-corrected chi connectivity index (χ2v) is 5.42. The maximum Gasteiger partial charge on any atom is 0.161 e. The van der Waals surface area contributed by atoms with Crippen LogP contribution < -0.4 is 10.6 Å². The van der Waals surface area contributed by atoms with E-state index in [0.717, 1.165) is 5.56 Å². The minimum Gasteiger partial charge on any atom is -0.399 e. The fourth-order valence-corrected chi connectivity index (χ4v) is 2.50. The molecule has 2 aromatic carbocycles. The highest BCUT2D eigenvalue weighted by Gasteiger charge is 2.16. The van der Waals surface area contributed by atoms with E-state index in [-0.39, 0.29) is 4.47 Å². The van der Waals surface area contributed by atoms with Crippen molar-refractivity contribution < 1.29 is 4.39 Å². The average molecular weight is 348 g/mol. The van der Waals surface area contributed by atoms with Crippen molar-refractivity contribution in [1.29, 1.82) is 5.26 Å². The van der Waals surface area contributed by atoms with Crippen LogP contribution in [-0.4, -0.2) is 6.54 Å². The standard InChI is InChI=1S/C16H15BrFN3/c1-2-21(10-11-3-6-13(20)7-4-11)14-8-5-12(9-19)15(17)16(14)18/h3-8H,2,10,20H2,1H3. The fraction of sp³-hybridized carbons (Fsp3) is 0.188. The number of rotatable bonds is 4. The molecule has 21 heavy (non-hydrogen) atoms. The molecule has 0 radical (unpaired) electrons. The third kappa shape index (κ3) is 3.34. The zero-order chi connectivity index (χ0) is 15.4. The molecule has 0 spiro atoms. The Hall–Kier alpha value is -2.06. The summed E-state index contributed by atoms with van der Waals surface area (Å²) in [5.41, 5.74) is 8.18. The molecular weight excluding hydrogens is 333 g/mol. The van der Waals surface area contributed by atoms with Gasteiger partial charge in [-0.1, -0.05) is 12.1 Å². The van der Waals surface area contributed by atoms with Crippen molar-refractivity contribution in [2.75, 3.05) is 17.2 Å². The van der Waals surface area contributed by atoms with Crippen LogP contribution in [0.3, 0.4) is 0 Å². The number of benzene rings is 2. The molecule has 0 atom stereocenters. The zero-order valence-electron chi connectivity index (χ0n) is 11.6. The Bertz CT molecular complexity index is 677. The van der Waals surface area contributed by atoms with Gasteiger partial charge in [0.2, 0.25) is 0 Å². The lowest BCUT2D eigenvalue weighted by atomic mass is 10.1. The molecule has 0 heterocycles. The highest BCUT2D eigenvalue weighted by atomic mass is 79.9. The summed E-state index contributed by atoms with van der Waals surface area (Å²) in [4.78, 5) is 1.91. The van der Waals surface area contributed by atoms with Crippen molar-refractivity contribution in [1.82, 2.24) is 0 Å². The predicted octanol–water partition coefficient (Wildman–Crippen LogP) is 4.07. The van der Waals surface area contributed by atoms with Crippen molar-refractivity contribution >= 4 is 27.3 Å². The summed E-state index contributed by atoms with van der Waals surface area (Å²) in [7, 11) is 0. The molecule has 0 unspecified atom stereocenters. The van der Waals surface area contributed by atoms with Crippen LogP contribution in [0.1, 0.15) is 18.1 Å². The van der Waals surface area contributed by atoms with Gasteiger partial charge in [0.05, 0.1) is 15.7 Å². The molecule has 2 rings (SSSR count). The van der Waals surface area contributed by atoms with Crippen LogP contribution in [0.25, 0.3) is 0 Å². The molecule has 0 aliphatic rings. The Labute approximate surface area is 131 Å². The third-order valence-electron chi connectivity index (χ3n) is 3.26. The molecule has 108 valence electrons. The number of nitrogens with two attached hydrogens (primary N) is 1. The number of hydrogen-bond donors (Lipinski definition) is 1. The number of halogens is 2. The average Bonchev–Trinajstić information content (AvgIpc) is 2.50. The van der Waals surface area contributed by atoms with Crippen LogP contribution in [0, 0.1) is 17.1 Å². The molecule has 0 aliphatic heterocycles. The maximum absolute atomic E-state index is 14.4. The molecule has 0 bridgehead atoms. The smallest absolute Gasteiger partial charge is 0.161 e. The van der Waals surface area contributed by atoms with E-state index < -0.39 is 5.82 Å². The minimum absolute atomic E-state index is 0.207. The molecular formula is C16H15BrFN3. The molecule has 0 saturated carbocycles. The molecule has 0 amide bonds. The van der Waals surface area contributed by atoms with E-state index >= 15 is 0 Å². The van der Waals surface area contributed by atoms with Gasteiger partial charge in [-0.05, 0) is 52.7 Å². The van der Waals surface area contributed by atoms with E-state index in [9.17, 15) is 4.39 Å². The summed E-state index contributed by atoms with van der Waals surface area (Å²) < 4.78 is 14.6. The van der Waals surface area contributed by atoms with Gasteiger partial charge in [0.15, 0.2) is 5.82 Å². The van der Waals surface area contributed by atoms with Crippen LogP contribution in [-0.2, 0) is 6.54 Å². The topological polar surface area (TPSA) is 53.0 Å². The number of anilines is 2. The molecule has 0 aliphatic carbocycles. The zero-order valence-corrected chi connectivity index (χ0v) is 13.2. The summed E-state index contributed by atoms with van der Waals surface area (Å²) in [6.07, 6.45) is 0. The van der Waals surface area contributed by atoms with Gasteiger partial charge in [0, 0.05) is 18.8 Å². The maximum atomic E-state index is 14.4. The first-order chi connectivity index (χ1) is 10.1. The lowest BCUT2D eigenvalue weighted by molar-refractivity contribution is 0.611. The lowest BCUT2D eigenvalue weighted by Crippen LogP contribution is -2.23. The van der Waals surface area contributed by atoms with Crippen LogP contribution in [0.5, 0.6) is 0 Å². The van der Waals surface area contributed by atoms with Gasteiger partial charge in [-0.2, -0.15) is 5.26 Å². The van der Waals surface area contributed by atoms with Gasteiger partial charge in [-0.25, -0.2) is 4.39 Å². The Morgan fingerprint density at radius 1 is 1.24 bits per heavy atom. The summed E-state index contributed by atoms with van der Waals surface area (Å²) in [5.74, 6) is -0.411. The van der Waals surface area contributed by atoms with Crippen LogP contribution in [0.2, 0.25) is 0 Å². The number of nitriles is 1. The van der Waals surface area contributed by atoms with Crippen molar-refractivity contribution in [3.8, 4) is 6.07 Å². The first-order valence-corrected chi connectivity index (χ1v) is 7.33. The largest absolute Gasteiger partial charge is 0.399 e. The predicted molar refractivity (Wildman–Crippen MR) is 86.4 cm³/mol. The van der Waals surface area contributed by atoms with E-state index in [0.29, 0.717) is 30.0 Å². The Morgan fingerprint density at radius 3 is 2.48 bits per heavy atom. The molecule has 2 aromatic rings. The van der Waals surface area contributed by atoms with Crippen LogP contribution in [0.15, 0.2) is 40.9 Å². The third-order valence-corrected chi connectivity index (χ3v) is 4.03. The highest BCUT2D eigenvalue weighted by Crippen LogP contribution is 2.30. The second-order valence-electron chi connectivity index (χ2n) is 4.63. The molecule has 0 aromatic heterocycles. The lowest BCUT2D eigenvalue weighted by Gasteiger charge is -2.24. The molecule has 0 fully saturated rings. The van der Waals surface area contributed by atoms with Gasteiger partial charge in [-0.3, -0.25) is 0 Å². The monoisotopic (exact) mass is 347 g/mol. The Balaban J connectivity index is 2.32. The van der Waals surface area contributed by atoms with Gasteiger partial charge < -0.3 is 10.6 Å². The molecule has 5 heteroatoms. The van der Waals surface area contributed by atoms with E-state index in [1.165, 1.54) is 0 Å². The summed E-state index contributed by atoms with van der Waals surface area (Å²) >= 11 is 3.14. The summed E-state index contributed by atoms with van der Waals surface area (Å²) in [6, 6.07) is 12.7. The van der Waals surface area contributed by atoms with Crippen molar-refractivity contribution in [2.45, 2.75) is 13.5 Å². The Morgan fingerprint density at radius 2 is 1.90 bits per heavy atom. The molecule has 3 nitrogen and oxygen atoms in total. The van der Waals surface area contributed by atoms with E-state index in [1.54, 1.807) is 12.1 Å². The van der Waals surface area contributed by atoms with Crippen molar-refractivity contribution in [2.24, 2.45) is 0 Å². The SMILES string of the molecule is CCN(Cc1ccc(N)cc1)c1ccc(C#N)c(Br)c1F. The highest BCUT2D eigenvalue weighted by molar-refractivity contribution is 9.10. The van der Waals surface area contributed by atoms with Gasteiger partial charge in [-0.15, -0.1) is 0 Å². The summed E-state index contributed by atoms with van der Waals surface area (Å²) in [5, 5.41) is 8.92. The van der Waals surface area contributed by atoms with Crippen molar-refractivity contribution in [3.63, 3.8) is 0 Å². The minimum atomic E-state index is -0.411. The second kappa shape index (κ2) is 6.59. The number of nitrogen functional groups attached to an aromatic ring is 1. The van der Waals surface area contributed by atoms with E-state index in [1.807, 2.05) is 42.2 Å². The number of nitrogens with zero attached hydrogens (tertiary/aromatic N) is 2. The normalized spacial score (nSPS) is 10.2. The first kappa shape index (κ1) is 15.3. The van der Waals surface area contributed by atoms with Gasteiger partial charge in [0.1, 0.15) is 6.07 Å². The van der Waals surface area contributed by atoms with Crippen molar-refractivity contribution in [3.05, 3.63) is 57.8 Å². The molecule has 0 saturated heterocycles. The van der Waals surface area contributed by atoms with E-state index in [4.69, 9.17) is 11.0 Å². The van der Waals surface area contributed by atoms with Crippen LogP contribution in [0.4, 0.5) is 15.8 Å². The number of hydrogen-bond acceptors (Lipinski definition) is 3. The fourth-order valence-electron chi connectivity index (χ4n) is 2.08. The van der Waals surface area contributed by atoms with Gasteiger partial charge >= 0.3 is 0 Å². The summed E-state index contributed by atoms with van der Waals surface area (Å²) in [6.45, 7) is 3.19. The first-order valence-electron chi connectivity index (χ1n) is 6.54. The van der Waals surface area contributed by atoms with Crippen LogP contribution >= 0.6 is 15.9 Å². The molecule has 2 N–H and O–H groups in total. The Kier molecular flexibility index (Phi) is 4.81.